The minimum Gasteiger partial charge on any atom is -0.387 e. The van der Waals surface area contributed by atoms with E-state index in [0.717, 1.165) is 114 Å². The van der Waals surface area contributed by atoms with E-state index >= 15 is 0 Å². The molecule has 4 aliphatic rings. The van der Waals surface area contributed by atoms with Crippen LogP contribution in [0, 0.1) is 0 Å². The average Bonchev–Trinajstić information content (AvgIpc) is 1.56. The van der Waals surface area contributed by atoms with Crippen LogP contribution in [0.3, 0.4) is 0 Å². The number of rotatable bonds is 35. The third kappa shape index (κ3) is 33.3. The molecule has 4 aliphatic heterocycles. The van der Waals surface area contributed by atoms with Gasteiger partial charge in [-0.15, -0.1) is 0 Å². The Kier molecular flexibility index (Phi) is 40.9. The van der Waals surface area contributed by atoms with E-state index in [1.165, 1.54) is 71.1 Å². The molecule has 0 unspecified atom stereocenters. The smallest absolute Gasteiger partial charge is 0.220 e. The number of nitrogens with two attached hydrogens (primary N) is 1. The first-order valence-electron chi connectivity index (χ1n) is 35.1. The maximum Gasteiger partial charge on any atom is 0.220 e. The number of nitrogens with one attached hydrogen (secondary N) is 3. The summed E-state index contributed by atoms with van der Waals surface area (Å²) in [7, 11) is 0. The molecule has 19 heteroatoms. The van der Waals surface area contributed by atoms with Crippen LogP contribution in [-0.2, 0) is 33.3 Å². The van der Waals surface area contributed by atoms with Gasteiger partial charge >= 0.3 is 0 Å². The predicted octanol–water partition coefficient (Wildman–Crippen LogP) is 8.29. The van der Waals surface area contributed by atoms with Crippen molar-refractivity contribution in [2.45, 2.75) is 172 Å². The van der Waals surface area contributed by atoms with Gasteiger partial charge < -0.3 is 61.1 Å². The highest BCUT2D eigenvalue weighted by molar-refractivity contribution is 5.76. The van der Waals surface area contributed by atoms with Crippen molar-refractivity contribution in [1.29, 1.82) is 0 Å². The SMILES string of the molecule is CC(=O)N[C@H](CN1CCOCC1)[C@H](O)c1ccccc1.CCCCCCCCCC(=O)N[C@@H](CN1CCOCC1)[C@@H](O)c1ccccc1.CCCCCCCCCC(=O)N[C@@H](CN1CCOCC1)[C@H](O)c1ccccc1.N[C@H](CN1CCOCC1)[C@H](O)c1ccccc1. The Hall–Kier alpha value is -5.23. The van der Waals surface area contributed by atoms with Gasteiger partial charge in [0, 0.05) is 104 Å². The van der Waals surface area contributed by atoms with Gasteiger partial charge in [-0.1, -0.05) is 212 Å². The van der Waals surface area contributed by atoms with Crippen molar-refractivity contribution in [2.24, 2.45) is 5.73 Å². The molecule has 4 aromatic rings. The second kappa shape index (κ2) is 48.5. The number of morpholine rings is 4. The zero-order valence-corrected chi connectivity index (χ0v) is 56.6. The first-order valence-corrected chi connectivity index (χ1v) is 35.1. The Morgan fingerprint density at radius 2 is 0.624 bits per heavy atom. The molecule has 8 rings (SSSR count). The van der Waals surface area contributed by atoms with Gasteiger partial charge in [0.1, 0.15) is 18.3 Å². The van der Waals surface area contributed by atoms with Crippen LogP contribution < -0.4 is 21.7 Å². The summed E-state index contributed by atoms with van der Waals surface area (Å²) in [6.07, 6.45) is 15.1. The molecule has 93 heavy (non-hydrogen) atoms. The van der Waals surface area contributed by atoms with Gasteiger partial charge in [0.25, 0.3) is 0 Å². The van der Waals surface area contributed by atoms with Crippen molar-refractivity contribution < 1.29 is 53.8 Å². The van der Waals surface area contributed by atoms with E-state index in [1.54, 1.807) is 0 Å². The predicted molar refractivity (Wildman–Crippen MR) is 369 cm³/mol. The number of unbranched alkanes of at least 4 members (excludes halogenated alkanes) is 12. The molecule has 3 amide bonds. The van der Waals surface area contributed by atoms with Crippen LogP contribution in [0.15, 0.2) is 121 Å². The Morgan fingerprint density at radius 3 is 0.903 bits per heavy atom. The molecule has 19 nitrogen and oxygen atoms in total. The molecule has 4 aromatic carbocycles. The van der Waals surface area contributed by atoms with Crippen LogP contribution in [0.2, 0.25) is 0 Å². The topological polar surface area (TPSA) is 244 Å². The monoisotopic (exact) mass is 1290 g/mol. The van der Waals surface area contributed by atoms with Gasteiger partial charge in [-0.2, -0.15) is 0 Å². The van der Waals surface area contributed by atoms with E-state index in [0.29, 0.717) is 78.7 Å². The van der Waals surface area contributed by atoms with Crippen LogP contribution in [-0.4, -0.2) is 213 Å². The first-order chi connectivity index (χ1) is 45.3. The fourth-order valence-electron chi connectivity index (χ4n) is 11.9. The molecule has 8 atom stereocenters. The van der Waals surface area contributed by atoms with E-state index in [1.807, 2.05) is 121 Å². The lowest BCUT2D eigenvalue weighted by Crippen LogP contribution is -2.49. The van der Waals surface area contributed by atoms with Crippen LogP contribution in [0.5, 0.6) is 0 Å². The second-order valence-corrected chi connectivity index (χ2v) is 25.1. The third-order valence-electron chi connectivity index (χ3n) is 17.5. The molecule has 520 valence electrons. The lowest BCUT2D eigenvalue weighted by Gasteiger charge is -2.33. The molecular weight excluding hydrogens is 1180 g/mol. The number of nitrogens with zero attached hydrogens (tertiary/aromatic N) is 4. The number of hydrogen-bond acceptors (Lipinski definition) is 16. The molecule has 0 radical (unpaired) electrons. The van der Waals surface area contributed by atoms with E-state index in [2.05, 4.69) is 49.4 Å². The first kappa shape index (κ1) is 78.5. The summed E-state index contributed by atoms with van der Waals surface area (Å²) < 4.78 is 21.4. The summed E-state index contributed by atoms with van der Waals surface area (Å²) in [5, 5.41) is 51.4. The fraction of sp³-hybridized carbons (Fsp3) is 0.635. The van der Waals surface area contributed by atoms with Crippen molar-refractivity contribution in [3.63, 3.8) is 0 Å². The molecule has 0 saturated carbocycles. The quantitative estimate of drug-likeness (QED) is 0.0202. The molecular formula is C74H118N8O11. The van der Waals surface area contributed by atoms with E-state index in [-0.39, 0.29) is 41.9 Å². The molecule has 9 N–H and O–H groups in total. The van der Waals surface area contributed by atoms with Gasteiger partial charge in [0.15, 0.2) is 0 Å². The number of benzene rings is 4. The lowest BCUT2D eigenvalue weighted by atomic mass is 10.0. The van der Waals surface area contributed by atoms with Crippen LogP contribution in [0.25, 0.3) is 0 Å². The van der Waals surface area contributed by atoms with Crippen molar-refractivity contribution in [3.05, 3.63) is 144 Å². The number of carbonyl (C=O) groups is 3. The van der Waals surface area contributed by atoms with Crippen molar-refractivity contribution >= 4 is 17.7 Å². The highest BCUT2D eigenvalue weighted by atomic mass is 16.5. The average molecular weight is 1300 g/mol. The molecule has 0 aliphatic carbocycles. The summed E-state index contributed by atoms with van der Waals surface area (Å²) in [6, 6.07) is 37.1. The number of aliphatic hydroxyl groups is 4. The molecule has 0 bridgehead atoms. The number of ether oxygens (including phenoxy) is 4. The van der Waals surface area contributed by atoms with Crippen LogP contribution in [0.1, 0.15) is 170 Å². The summed E-state index contributed by atoms with van der Waals surface area (Å²) in [6.45, 7) is 21.1. The minimum absolute atomic E-state index is 0.0433. The summed E-state index contributed by atoms with van der Waals surface area (Å²) in [5.74, 6) is -0.0400. The maximum atomic E-state index is 12.5. The Morgan fingerprint density at radius 1 is 0.376 bits per heavy atom. The number of amides is 3. The molecule has 0 spiro atoms. The van der Waals surface area contributed by atoms with E-state index < -0.39 is 24.4 Å². The number of aliphatic hydroxyl groups excluding tert-OH is 4. The zero-order valence-electron chi connectivity index (χ0n) is 56.6. The highest BCUT2D eigenvalue weighted by Gasteiger charge is 2.29. The van der Waals surface area contributed by atoms with Gasteiger partial charge in [-0.3, -0.25) is 34.0 Å². The summed E-state index contributed by atoms with van der Waals surface area (Å²) >= 11 is 0. The Bertz CT molecular complexity index is 2390. The largest absolute Gasteiger partial charge is 0.387 e. The lowest BCUT2D eigenvalue weighted by molar-refractivity contribution is -0.124. The Balaban J connectivity index is 0.000000229. The van der Waals surface area contributed by atoms with Gasteiger partial charge in [0.05, 0.1) is 77.1 Å². The van der Waals surface area contributed by atoms with E-state index in [9.17, 15) is 34.8 Å². The minimum atomic E-state index is -0.706. The van der Waals surface area contributed by atoms with Crippen LogP contribution in [0.4, 0.5) is 0 Å². The van der Waals surface area contributed by atoms with Crippen molar-refractivity contribution in [1.82, 2.24) is 35.6 Å². The fourth-order valence-corrected chi connectivity index (χ4v) is 11.9. The van der Waals surface area contributed by atoms with Gasteiger partial charge in [0.2, 0.25) is 17.7 Å². The summed E-state index contributed by atoms with van der Waals surface area (Å²) in [5.41, 5.74) is 9.44. The van der Waals surface area contributed by atoms with Gasteiger partial charge in [-0.05, 0) is 35.1 Å². The van der Waals surface area contributed by atoms with Crippen molar-refractivity contribution in [2.75, 3.05) is 131 Å². The van der Waals surface area contributed by atoms with Crippen molar-refractivity contribution in [3.8, 4) is 0 Å². The second-order valence-electron chi connectivity index (χ2n) is 25.1. The van der Waals surface area contributed by atoms with Gasteiger partial charge in [-0.25, -0.2) is 0 Å². The maximum absolute atomic E-state index is 12.5. The number of carbonyl (C=O) groups excluding carboxylic acids is 3. The standard InChI is InChI=1S/2C23H38N2O3.C15H22N2O3.C13H20N2O2/c2*1-2-3-4-5-6-7-11-14-22(26)24-21(19-25-15-17-28-18-16-25)23(27)20-12-9-8-10-13-20;1-12(18)16-14(11-17-7-9-20-10-8-17)15(19)13-5-3-2-4-6-13;14-12(10-15-6-8-17-9-7-15)13(16)11-4-2-1-3-5-11/h2*8-10,12-13,21,23,27H,2-7,11,14-19H2,1H3,(H,24,26);2-6,14-15,19H,7-11H2,1H3,(H,16,18);1-5,12-13,16H,6-10,14H2/t21-,23+;21-,23-;14-,15-;12-,13-/m0011/s1. The number of hydrogen-bond donors (Lipinski definition) is 8. The summed E-state index contributed by atoms with van der Waals surface area (Å²) in [4.78, 5) is 45.3. The molecule has 4 fully saturated rings. The normalized spacial score (nSPS) is 18.4. The van der Waals surface area contributed by atoms with E-state index in [4.69, 9.17) is 24.7 Å². The highest BCUT2D eigenvalue weighted by Crippen LogP contribution is 2.23. The molecule has 4 heterocycles. The van der Waals surface area contributed by atoms with Crippen LogP contribution >= 0.6 is 0 Å². The Labute approximate surface area is 557 Å². The molecule has 4 saturated heterocycles. The molecule has 0 aromatic heterocycles. The zero-order chi connectivity index (χ0) is 66.5. The third-order valence-corrected chi connectivity index (χ3v) is 17.5.